The fourth-order valence-corrected chi connectivity index (χ4v) is 2.37. The molecule has 0 amide bonds. The van der Waals surface area contributed by atoms with E-state index in [0.717, 1.165) is 31.0 Å². The van der Waals surface area contributed by atoms with Gasteiger partial charge in [-0.15, -0.1) is 0 Å². The molecule has 1 N–H and O–H groups in total. The zero-order chi connectivity index (χ0) is 13.8. The van der Waals surface area contributed by atoms with Gasteiger partial charge in [0.05, 0.1) is 5.92 Å². The van der Waals surface area contributed by atoms with Crippen molar-refractivity contribution >= 4 is 11.8 Å². The zero-order valence-electron chi connectivity index (χ0n) is 11.5. The number of aromatic nitrogens is 2. The van der Waals surface area contributed by atoms with Crippen molar-refractivity contribution in [3.05, 3.63) is 18.1 Å². The van der Waals surface area contributed by atoms with E-state index in [0.29, 0.717) is 18.8 Å². The molecule has 0 bridgehead atoms. The third-order valence-electron chi connectivity index (χ3n) is 3.96. The molecule has 0 aromatic carbocycles. The number of carboxylic acid groups (broad SMARTS) is 1. The van der Waals surface area contributed by atoms with Gasteiger partial charge < -0.3 is 10.0 Å². The number of hydrogen-bond donors (Lipinski definition) is 1. The summed E-state index contributed by atoms with van der Waals surface area (Å²) in [6.45, 7) is 5.81. The van der Waals surface area contributed by atoms with E-state index in [-0.39, 0.29) is 5.92 Å². The van der Waals surface area contributed by atoms with Gasteiger partial charge in [0, 0.05) is 24.8 Å². The monoisotopic (exact) mass is 263 g/mol. The third-order valence-corrected chi connectivity index (χ3v) is 3.96. The largest absolute Gasteiger partial charge is 0.481 e. The lowest BCUT2D eigenvalue weighted by Crippen LogP contribution is -2.36. The highest BCUT2D eigenvalue weighted by Gasteiger charge is 2.25. The van der Waals surface area contributed by atoms with E-state index < -0.39 is 5.97 Å². The average Bonchev–Trinajstić information content (AvgIpc) is 2.46. The quantitative estimate of drug-likeness (QED) is 0.902. The Hall–Kier alpha value is -1.65. The maximum Gasteiger partial charge on any atom is 0.306 e. The number of nitrogens with zero attached hydrogens (tertiary/aromatic N) is 3. The summed E-state index contributed by atoms with van der Waals surface area (Å²) in [7, 11) is 0. The van der Waals surface area contributed by atoms with Gasteiger partial charge in [-0.3, -0.25) is 4.79 Å². The van der Waals surface area contributed by atoms with Gasteiger partial charge in [-0.1, -0.05) is 13.8 Å². The molecule has 2 heterocycles. The Morgan fingerprint density at radius 2 is 2.16 bits per heavy atom. The molecular formula is C14H21N3O2. The summed E-state index contributed by atoms with van der Waals surface area (Å²) in [5.74, 6) is 0.474. The normalized spacial score (nSPS) is 18.3. The van der Waals surface area contributed by atoms with Crippen molar-refractivity contribution in [1.29, 1.82) is 0 Å². The van der Waals surface area contributed by atoms with Crippen LogP contribution in [-0.4, -0.2) is 34.1 Å². The molecule has 1 saturated heterocycles. The molecule has 1 aliphatic rings. The smallest absolute Gasteiger partial charge is 0.306 e. The van der Waals surface area contributed by atoms with Gasteiger partial charge in [0.1, 0.15) is 12.1 Å². The second-order valence-electron chi connectivity index (χ2n) is 5.21. The van der Waals surface area contributed by atoms with E-state index in [4.69, 9.17) is 5.11 Å². The van der Waals surface area contributed by atoms with Gasteiger partial charge in [0.15, 0.2) is 0 Å². The van der Waals surface area contributed by atoms with Crippen LogP contribution < -0.4 is 4.90 Å². The number of rotatable bonds is 4. The van der Waals surface area contributed by atoms with Crippen molar-refractivity contribution in [2.24, 2.45) is 5.92 Å². The SMILES string of the molecule is CCC(C)c1cc(N2CCC(C(=O)O)CC2)ncn1. The number of carboxylic acids is 1. The van der Waals surface area contributed by atoms with Crippen LogP contribution in [0.4, 0.5) is 5.82 Å². The number of carbonyl (C=O) groups is 1. The summed E-state index contributed by atoms with van der Waals surface area (Å²) in [6, 6.07) is 2.04. The van der Waals surface area contributed by atoms with Crippen LogP contribution in [0.25, 0.3) is 0 Å². The first-order chi connectivity index (χ1) is 9.11. The molecule has 5 nitrogen and oxygen atoms in total. The Balaban J connectivity index is 2.05. The molecular weight excluding hydrogens is 242 g/mol. The molecule has 1 aliphatic heterocycles. The lowest BCUT2D eigenvalue weighted by Gasteiger charge is -2.31. The summed E-state index contributed by atoms with van der Waals surface area (Å²) in [5.41, 5.74) is 1.06. The maximum absolute atomic E-state index is 10.9. The Morgan fingerprint density at radius 1 is 1.47 bits per heavy atom. The van der Waals surface area contributed by atoms with E-state index in [1.165, 1.54) is 0 Å². The van der Waals surface area contributed by atoms with Gasteiger partial charge in [0.2, 0.25) is 0 Å². The minimum absolute atomic E-state index is 0.202. The average molecular weight is 263 g/mol. The van der Waals surface area contributed by atoms with E-state index in [1.54, 1.807) is 6.33 Å². The van der Waals surface area contributed by atoms with Crippen molar-refractivity contribution in [3.63, 3.8) is 0 Å². The number of anilines is 1. The molecule has 0 spiro atoms. The number of hydrogen-bond acceptors (Lipinski definition) is 4. The minimum Gasteiger partial charge on any atom is -0.481 e. The van der Waals surface area contributed by atoms with Gasteiger partial charge in [0.25, 0.3) is 0 Å². The first-order valence-electron chi connectivity index (χ1n) is 6.91. The molecule has 19 heavy (non-hydrogen) atoms. The first kappa shape index (κ1) is 13.8. The predicted octanol–water partition coefficient (Wildman–Crippen LogP) is 2.29. The summed E-state index contributed by atoms with van der Waals surface area (Å²) in [4.78, 5) is 21.7. The van der Waals surface area contributed by atoms with Crippen LogP contribution in [0.15, 0.2) is 12.4 Å². The highest BCUT2D eigenvalue weighted by Crippen LogP contribution is 2.24. The molecule has 1 aromatic heterocycles. The summed E-state index contributed by atoms with van der Waals surface area (Å²) < 4.78 is 0. The van der Waals surface area contributed by atoms with Gasteiger partial charge in [-0.2, -0.15) is 0 Å². The zero-order valence-corrected chi connectivity index (χ0v) is 11.5. The van der Waals surface area contributed by atoms with Crippen LogP contribution in [0.3, 0.4) is 0 Å². The molecule has 2 rings (SSSR count). The molecule has 0 saturated carbocycles. The van der Waals surface area contributed by atoms with Crippen molar-refractivity contribution in [1.82, 2.24) is 9.97 Å². The lowest BCUT2D eigenvalue weighted by molar-refractivity contribution is -0.142. The maximum atomic E-state index is 10.9. The standard InChI is InChI=1S/C14H21N3O2/c1-3-10(2)12-8-13(16-9-15-12)17-6-4-11(5-7-17)14(18)19/h8-11H,3-7H2,1-2H3,(H,18,19). The molecule has 104 valence electrons. The van der Waals surface area contributed by atoms with Crippen molar-refractivity contribution in [2.75, 3.05) is 18.0 Å². The fourth-order valence-electron chi connectivity index (χ4n) is 2.37. The Kier molecular flexibility index (Phi) is 4.35. The fraction of sp³-hybridized carbons (Fsp3) is 0.643. The topological polar surface area (TPSA) is 66.3 Å². The summed E-state index contributed by atoms with van der Waals surface area (Å²) >= 11 is 0. The second kappa shape index (κ2) is 5.99. The van der Waals surface area contributed by atoms with E-state index in [2.05, 4.69) is 28.7 Å². The van der Waals surface area contributed by atoms with Crippen LogP contribution in [-0.2, 0) is 4.79 Å². The Labute approximate surface area is 113 Å². The highest BCUT2D eigenvalue weighted by molar-refractivity contribution is 5.70. The van der Waals surface area contributed by atoms with Crippen LogP contribution in [0.2, 0.25) is 0 Å². The molecule has 1 aromatic rings. The van der Waals surface area contributed by atoms with Crippen LogP contribution in [0, 0.1) is 5.92 Å². The summed E-state index contributed by atoms with van der Waals surface area (Å²) in [5, 5.41) is 9.00. The van der Waals surface area contributed by atoms with E-state index in [1.807, 2.05) is 6.07 Å². The Morgan fingerprint density at radius 3 is 2.74 bits per heavy atom. The predicted molar refractivity (Wildman–Crippen MR) is 73.3 cm³/mol. The molecule has 1 fully saturated rings. The van der Waals surface area contributed by atoms with Crippen molar-refractivity contribution in [2.45, 2.75) is 39.0 Å². The second-order valence-corrected chi connectivity index (χ2v) is 5.21. The summed E-state index contributed by atoms with van der Waals surface area (Å²) in [6.07, 6.45) is 4.05. The van der Waals surface area contributed by atoms with E-state index in [9.17, 15) is 4.79 Å². The highest BCUT2D eigenvalue weighted by atomic mass is 16.4. The molecule has 1 atom stereocenters. The Bertz CT molecular complexity index is 442. The first-order valence-corrected chi connectivity index (χ1v) is 6.91. The van der Waals surface area contributed by atoms with Crippen LogP contribution in [0.5, 0.6) is 0 Å². The molecule has 0 radical (unpaired) electrons. The molecule has 1 unspecified atom stereocenters. The van der Waals surface area contributed by atoms with Crippen molar-refractivity contribution < 1.29 is 9.90 Å². The van der Waals surface area contributed by atoms with E-state index >= 15 is 0 Å². The number of piperidine rings is 1. The lowest BCUT2D eigenvalue weighted by atomic mass is 9.97. The van der Waals surface area contributed by atoms with Crippen LogP contribution in [0.1, 0.15) is 44.7 Å². The minimum atomic E-state index is -0.678. The van der Waals surface area contributed by atoms with Crippen LogP contribution >= 0.6 is 0 Å². The number of aliphatic carboxylic acids is 1. The van der Waals surface area contributed by atoms with Crippen molar-refractivity contribution in [3.8, 4) is 0 Å². The van der Waals surface area contributed by atoms with Gasteiger partial charge >= 0.3 is 5.97 Å². The molecule has 0 aliphatic carbocycles. The molecule has 5 heteroatoms. The third kappa shape index (κ3) is 3.22. The van der Waals surface area contributed by atoms with Gasteiger partial charge in [-0.05, 0) is 25.2 Å². The van der Waals surface area contributed by atoms with Gasteiger partial charge in [-0.25, -0.2) is 9.97 Å².